The number of carbonyl (C=O) groups excluding carboxylic acids is 2. The van der Waals surface area contributed by atoms with Crippen molar-refractivity contribution in [2.24, 2.45) is 0 Å². The lowest BCUT2D eigenvalue weighted by atomic mass is 10.0. The highest BCUT2D eigenvalue weighted by Gasteiger charge is 2.12. The molecule has 2 unspecified atom stereocenters. The molecule has 0 saturated carbocycles. The molecule has 0 N–H and O–H groups in total. The maximum Gasteiger partial charge on any atom is 0.143 e. The van der Waals surface area contributed by atoms with E-state index < -0.39 is 0 Å². The van der Waals surface area contributed by atoms with Crippen LogP contribution in [0.1, 0.15) is 25.0 Å². The van der Waals surface area contributed by atoms with Crippen molar-refractivity contribution in [2.75, 3.05) is 0 Å². The van der Waals surface area contributed by atoms with Crippen LogP contribution in [0.15, 0.2) is 24.3 Å². The summed E-state index contributed by atoms with van der Waals surface area (Å²) in [5, 5.41) is 0. The van der Waals surface area contributed by atoms with Gasteiger partial charge in [0.2, 0.25) is 0 Å². The number of rotatable bonds is 6. The maximum absolute atomic E-state index is 11.1. The monoisotopic (exact) mass is 374 g/mol. The minimum absolute atomic E-state index is 0.121. The van der Waals surface area contributed by atoms with E-state index in [4.69, 9.17) is 0 Å². The van der Waals surface area contributed by atoms with Crippen LogP contribution < -0.4 is 0 Å². The first-order valence-corrected chi connectivity index (χ1v) is 7.60. The molecule has 2 atom stereocenters. The zero-order chi connectivity index (χ0) is 13.7. The SMILES string of the molecule is CC(=O)C(Br)Cc1ccc(CC(Br)C(C)=O)cc1. The summed E-state index contributed by atoms with van der Waals surface area (Å²) in [6.07, 6.45) is 1.39. The Morgan fingerprint density at radius 2 is 1.17 bits per heavy atom. The van der Waals surface area contributed by atoms with Crippen molar-refractivity contribution in [3.8, 4) is 0 Å². The van der Waals surface area contributed by atoms with Gasteiger partial charge in [-0.2, -0.15) is 0 Å². The Bertz CT molecular complexity index is 385. The Hall–Kier alpha value is -0.480. The summed E-state index contributed by atoms with van der Waals surface area (Å²) in [5.41, 5.74) is 2.23. The van der Waals surface area contributed by atoms with Gasteiger partial charge in [0.1, 0.15) is 11.6 Å². The molecule has 0 radical (unpaired) electrons. The molecule has 0 aliphatic rings. The molecule has 0 fully saturated rings. The molecule has 0 aliphatic carbocycles. The van der Waals surface area contributed by atoms with Crippen molar-refractivity contribution < 1.29 is 9.59 Å². The van der Waals surface area contributed by atoms with Crippen LogP contribution in [0.5, 0.6) is 0 Å². The number of benzene rings is 1. The van der Waals surface area contributed by atoms with Crippen molar-refractivity contribution in [2.45, 2.75) is 36.3 Å². The van der Waals surface area contributed by atoms with E-state index in [2.05, 4.69) is 31.9 Å². The van der Waals surface area contributed by atoms with Crippen molar-refractivity contribution >= 4 is 43.4 Å². The van der Waals surface area contributed by atoms with Gasteiger partial charge in [-0.15, -0.1) is 0 Å². The molecule has 4 heteroatoms. The fraction of sp³-hybridized carbons (Fsp3) is 0.429. The number of Topliss-reactive ketones (excluding diaryl/α,β-unsaturated/α-hetero) is 2. The van der Waals surface area contributed by atoms with Gasteiger partial charge < -0.3 is 0 Å². The van der Waals surface area contributed by atoms with E-state index in [9.17, 15) is 9.59 Å². The second kappa shape index (κ2) is 7.19. The van der Waals surface area contributed by atoms with Crippen molar-refractivity contribution in [3.63, 3.8) is 0 Å². The van der Waals surface area contributed by atoms with Gasteiger partial charge in [-0.3, -0.25) is 9.59 Å². The van der Waals surface area contributed by atoms with Gasteiger partial charge in [0.25, 0.3) is 0 Å². The summed E-state index contributed by atoms with van der Waals surface area (Å²) in [7, 11) is 0. The van der Waals surface area contributed by atoms with Gasteiger partial charge >= 0.3 is 0 Å². The fourth-order valence-electron chi connectivity index (χ4n) is 1.51. The van der Waals surface area contributed by atoms with Crippen LogP contribution in [0, 0.1) is 0 Å². The number of halogens is 2. The molecule has 0 aliphatic heterocycles. The Kier molecular flexibility index (Phi) is 6.22. The van der Waals surface area contributed by atoms with Crippen molar-refractivity contribution in [1.82, 2.24) is 0 Å². The van der Waals surface area contributed by atoms with Gasteiger partial charge in [0, 0.05) is 0 Å². The van der Waals surface area contributed by atoms with Crippen molar-refractivity contribution in [3.05, 3.63) is 35.4 Å². The fourth-order valence-corrected chi connectivity index (χ4v) is 2.26. The first-order valence-electron chi connectivity index (χ1n) is 5.77. The normalized spacial score (nSPS) is 14.0. The summed E-state index contributed by atoms with van der Waals surface area (Å²) in [6.45, 7) is 3.16. The topological polar surface area (TPSA) is 34.1 Å². The third-order valence-corrected chi connectivity index (χ3v) is 4.67. The number of hydrogen-bond donors (Lipinski definition) is 0. The minimum atomic E-state index is -0.121. The zero-order valence-corrected chi connectivity index (χ0v) is 13.6. The van der Waals surface area contributed by atoms with E-state index in [1.54, 1.807) is 13.8 Å². The number of alkyl halides is 2. The van der Waals surface area contributed by atoms with Crippen LogP contribution in [0.4, 0.5) is 0 Å². The minimum Gasteiger partial charge on any atom is -0.299 e. The van der Waals surface area contributed by atoms with Crippen LogP contribution in [0.2, 0.25) is 0 Å². The molecule has 0 heterocycles. The highest BCUT2D eigenvalue weighted by Crippen LogP contribution is 2.15. The Balaban J connectivity index is 2.63. The van der Waals surface area contributed by atoms with Crippen LogP contribution in [0.3, 0.4) is 0 Å². The number of carbonyl (C=O) groups is 2. The first kappa shape index (κ1) is 15.6. The Morgan fingerprint density at radius 3 is 1.39 bits per heavy atom. The summed E-state index contributed by atoms with van der Waals surface area (Å²) in [6, 6.07) is 8.03. The third kappa shape index (κ3) is 5.02. The zero-order valence-electron chi connectivity index (χ0n) is 10.5. The maximum atomic E-state index is 11.1. The lowest BCUT2D eigenvalue weighted by molar-refractivity contribution is -0.117. The van der Waals surface area contributed by atoms with Crippen molar-refractivity contribution in [1.29, 1.82) is 0 Å². The average molecular weight is 376 g/mol. The van der Waals surface area contributed by atoms with Gasteiger partial charge in [0.05, 0.1) is 9.65 Å². The molecule has 1 aromatic carbocycles. The van der Waals surface area contributed by atoms with Crippen LogP contribution in [-0.4, -0.2) is 21.2 Å². The predicted octanol–water partition coefficient (Wildman–Crippen LogP) is 3.48. The first-order chi connectivity index (χ1) is 8.40. The number of hydrogen-bond acceptors (Lipinski definition) is 2. The third-order valence-electron chi connectivity index (χ3n) is 2.74. The molecule has 1 aromatic rings. The highest BCUT2D eigenvalue weighted by atomic mass is 79.9. The highest BCUT2D eigenvalue weighted by molar-refractivity contribution is 9.10. The molecule has 0 amide bonds. The van der Waals surface area contributed by atoms with E-state index in [1.807, 2.05) is 24.3 Å². The molecule has 0 bridgehead atoms. The molecule has 2 nitrogen and oxygen atoms in total. The largest absolute Gasteiger partial charge is 0.299 e. The number of ketones is 2. The Morgan fingerprint density at radius 1 is 0.889 bits per heavy atom. The van der Waals surface area contributed by atoms with E-state index in [-0.39, 0.29) is 21.2 Å². The molecule has 0 spiro atoms. The van der Waals surface area contributed by atoms with Crippen LogP contribution in [0.25, 0.3) is 0 Å². The quantitative estimate of drug-likeness (QED) is 0.713. The van der Waals surface area contributed by atoms with Crippen LogP contribution in [-0.2, 0) is 22.4 Å². The summed E-state index contributed by atoms with van der Waals surface area (Å²) >= 11 is 6.71. The molecule has 0 saturated heterocycles. The lowest BCUT2D eigenvalue weighted by Gasteiger charge is -2.09. The summed E-state index contributed by atoms with van der Waals surface area (Å²) in [5.74, 6) is 0.271. The summed E-state index contributed by atoms with van der Waals surface area (Å²) < 4.78 is 0. The lowest BCUT2D eigenvalue weighted by Crippen LogP contribution is -2.13. The molecular formula is C14H16Br2O2. The molecule has 1 rings (SSSR count). The van der Waals surface area contributed by atoms with E-state index >= 15 is 0 Å². The molecular weight excluding hydrogens is 360 g/mol. The second-order valence-electron chi connectivity index (χ2n) is 4.38. The summed E-state index contributed by atoms with van der Waals surface area (Å²) in [4.78, 5) is 22.0. The van der Waals surface area contributed by atoms with E-state index in [0.29, 0.717) is 12.8 Å². The van der Waals surface area contributed by atoms with E-state index in [0.717, 1.165) is 11.1 Å². The van der Waals surface area contributed by atoms with Gasteiger partial charge in [-0.25, -0.2) is 0 Å². The second-order valence-corrected chi connectivity index (χ2v) is 6.59. The van der Waals surface area contributed by atoms with E-state index in [1.165, 1.54) is 0 Å². The molecule has 98 valence electrons. The predicted molar refractivity (Wildman–Crippen MR) is 80.6 cm³/mol. The van der Waals surface area contributed by atoms with Gasteiger partial charge in [-0.05, 0) is 37.8 Å². The smallest absolute Gasteiger partial charge is 0.143 e. The van der Waals surface area contributed by atoms with Gasteiger partial charge in [0.15, 0.2) is 0 Å². The Labute approximate surface area is 124 Å². The standard InChI is InChI=1S/C14H16Br2O2/c1-9(17)13(15)7-11-3-5-12(6-4-11)8-14(16)10(2)18/h3-6,13-14H,7-8H2,1-2H3. The van der Waals surface area contributed by atoms with Gasteiger partial charge in [-0.1, -0.05) is 56.1 Å². The average Bonchev–Trinajstić information content (AvgIpc) is 2.31. The molecule has 0 aromatic heterocycles. The molecule has 18 heavy (non-hydrogen) atoms. The van der Waals surface area contributed by atoms with Crippen LogP contribution >= 0.6 is 31.9 Å².